The number of fused-ring (bicyclic) bond motifs is 1. The van der Waals surface area contributed by atoms with E-state index in [4.69, 9.17) is 21.1 Å². The minimum absolute atomic E-state index is 0.266. The quantitative estimate of drug-likeness (QED) is 0.922. The summed E-state index contributed by atoms with van der Waals surface area (Å²) in [7, 11) is 0. The van der Waals surface area contributed by atoms with E-state index in [9.17, 15) is 0 Å². The van der Waals surface area contributed by atoms with Gasteiger partial charge in [-0.15, -0.1) is 0 Å². The van der Waals surface area contributed by atoms with Crippen LogP contribution in [0.25, 0.3) is 0 Å². The first kappa shape index (κ1) is 13.7. The van der Waals surface area contributed by atoms with Crippen LogP contribution in [0.1, 0.15) is 5.56 Å². The molecule has 0 bridgehead atoms. The molecular weight excluding hydrogens is 302 g/mol. The van der Waals surface area contributed by atoms with E-state index in [0.717, 1.165) is 29.7 Å². The molecule has 104 valence electrons. The third-order valence-corrected chi connectivity index (χ3v) is 6.20. The molecule has 3 nitrogen and oxygen atoms in total. The van der Waals surface area contributed by atoms with Crippen molar-refractivity contribution in [1.82, 2.24) is 5.32 Å². The number of rotatable bonds is 4. The SMILES string of the molecule is Clc1cc(CNCC2CSCCS2)cc2c1OCO2. The zero-order chi connectivity index (χ0) is 13.1. The number of thioether (sulfide) groups is 2. The zero-order valence-corrected chi connectivity index (χ0v) is 12.9. The Labute approximate surface area is 126 Å². The zero-order valence-electron chi connectivity index (χ0n) is 10.5. The molecule has 2 heterocycles. The molecule has 1 atom stereocenters. The van der Waals surface area contributed by atoms with Gasteiger partial charge in [0.2, 0.25) is 6.79 Å². The number of halogens is 1. The van der Waals surface area contributed by atoms with Crippen molar-refractivity contribution < 1.29 is 9.47 Å². The molecule has 6 heteroatoms. The van der Waals surface area contributed by atoms with Crippen LogP contribution in [0, 0.1) is 0 Å². The summed E-state index contributed by atoms with van der Waals surface area (Å²) in [5, 5.41) is 4.86. The van der Waals surface area contributed by atoms with Crippen LogP contribution in [0.5, 0.6) is 11.5 Å². The summed E-state index contributed by atoms with van der Waals surface area (Å²) < 4.78 is 10.7. The third kappa shape index (κ3) is 3.45. The molecule has 1 N–H and O–H groups in total. The average molecular weight is 318 g/mol. The van der Waals surface area contributed by atoms with E-state index in [1.54, 1.807) is 0 Å². The second kappa shape index (κ2) is 6.48. The molecule has 1 aromatic rings. The van der Waals surface area contributed by atoms with Gasteiger partial charge in [-0.2, -0.15) is 23.5 Å². The third-order valence-electron chi connectivity index (χ3n) is 3.07. The van der Waals surface area contributed by atoms with Crippen LogP contribution in [0.4, 0.5) is 0 Å². The van der Waals surface area contributed by atoms with Gasteiger partial charge in [-0.25, -0.2) is 0 Å². The standard InChI is InChI=1S/C13H16ClNO2S2/c14-11-3-9(4-12-13(11)17-8-16-12)5-15-6-10-7-18-1-2-19-10/h3-4,10,15H,1-2,5-8H2. The fraction of sp³-hybridized carbons (Fsp3) is 0.538. The summed E-state index contributed by atoms with van der Waals surface area (Å²) in [6.45, 7) is 2.13. The topological polar surface area (TPSA) is 30.5 Å². The molecule has 0 spiro atoms. The van der Waals surface area contributed by atoms with Crippen LogP contribution in [0.2, 0.25) is 5.02 Å². The van der Waals surface area contributed by atoms with Crippen LogP contribution in [-0.2, 0) is 6.54 Å². The maximum Gasteiger partial charge on any atom is 0.231 e. The summed E-state index contributed by atoms with van der Waals surface area (Å²) in [6.07, 6.45) is 0. The first-order valence-corrected chi connectivity index (χ1v) is 8.89. The number of benzene rings is 1. The van der Waals surface area contributed by atoms with Gasteiger partial charge in [-0.05, 0) is 17.7 Å². The molecule has 1 fully saturated rings. The normalized spacial score (nSPS) is 21.6. The van der Waals surface area contributed by atoms with Crippen LogP contribution < -0.4 is 14.8 Å². The number of hydrogen-bond acceptors (Lipinski definition) is 5. The largest absolute Gasteiger partial charge is 0.454 e. The van der Waals surface area contributed by atoms with Crippen molar-refractivity contribution in [1.29, 1.82) is 0 Å². The van der Waals surface area contributed by atoms with Crippen molar-refractivity contribution in [3.63, 3.8) is 0 Å². The summed E-state index contributed by atoms with van der Waals surface area (Å²) in [4.78, 5) is 0. The number of hydrogen-bond donors (Lipinski definition) is 1. The lowest BCUT2D eigenvalue weighted by atomic mass is 10.2. The van der Waals surface area contributed by atoms with E-state index >= 15 is 0 Å². The maximum atomic E-state index is 6.16. The lowest BCUT2D eigenvalue weighted by Crippen LogP contribution is -2.28. The highest BCUT2D eigenvalue weighted by Crippen LogP contribution is 2.39. The second-order valence-corrected chi connectivity index (χ2v) is 7.48. The van der Waals surface area contributed by atoms with E-state index in [2.05, 4.69) is 17.1 Å². The van der Waals surface area contributed by atoms with Crippen LogP contribution >= 0.6 is 35.1 Å². The van der Waals surface area contributed by atoms with Gasteiger partial charge >= 0.3 is 0 Å². The lowest BCUT2D eigenvalue weighted by Gasteiger charge is -2.21. The maximum absolute atomic E-state index is 6.16. The van der Waals surface area contributed by atoms with Crippen LogP contribution in [-0.4, -0.2) is 35.8 Å². The first-order chi connectivity index (χ1) is 9.33. The Balaban J connectivity index is 1.54. The van der Waals surface area contributed by atoms with E-state index in [1.165, 1.54) is 17.3 Å². The molecule has 2 aliphatic heterocycles. The molecule has 0 amide bonds. The number of ether oxygens (including phenoxy) is 2. The van der Waals surface area contributed by atoms with Gasteiger partial charge in [-0.1, -0.05) is 11.6 Å². The molecule has 0 aliphatic carbocycles. The van der Waals surface area contributed by atoms with Crippen molar-refractivity contribution >= 4 is 35.1 Å². The molecule has 0 radical (unpaired) electrons. The molecular formula is C13H16ClNO2S2. The minimum atomic E-state index is 0.266. The van der Waals surface area contributed by atoms with Crippen LogP contribution in [0.15, 0.2) is 12.1 Å². The van der Waals surface area contributed by atoms with Gasteiger partial charge in [0.15, 0.2) is 11.5 Å². The lowest BCUT2D eigenvalue weighted by molar-refractivity contribution is 0.174. The minimum Gasteiger partial charge on any atom is -0.454 e. The molecule has 2 aliphatic rings. The van der Waals surface area contributed by atoms with Crippen LogP contribution in [0.3, 0.4) is 0 Å². The fourth-order valence-electron chi connectivity index (χ4n) is 2.15. The summed E-state index contributed by atoms with van der Waals surface area (Å²) in [6, 6.07) is 3.95. The van der Waals surface area contributed by atoms with Crippen molar-refractivity contribution in [2.75, 3.05) is 30.6 Å². The highest BCUT2D eigenvalue weighted by Gasteiger charge is 2.18. The van der Waals surface area contributed by atoms with Gasteiger partial charge in [0.1, 0.15) is 0 Å². The predicted octanol–water partition coefficient (Wildman–Crippen LogP) is 3.01. The van der Waals surface area contributed by atoms with Gasteiger partial charge in [0, 0.05) is 35.6 Å². The van der Waals surface area contributed by atoms with E-state index in [1.807, 2.05) is 23.9 Å². The smallest absolute Gasteiger partial charge is 0.231 e. The highest BCUT2D eigenvalue weighted by atomic mass is 35.5. The summed E-state index contributed by atoms with van der Waals surface area (Å²) >= 11 is 10.3. The highest BCUT2D eigenvalue weighted by molar-refractivity contribution is 8.06. The Morgan fingerprint density at radius 1 is 1.32 bits per heavy atom. The monoisotopic (exact) mass is 317 g/mol. The Morgan fingerprint density at radius 3 is 3.11 bits per heavy atom. The van der Waals surface area contributed by atoms with E-state index in [-0.39, 0.29) is 6.79 Å². The summed E-state index contributed by atoms with van der Waals surface area (Å²) in [5.41, 5.74) is 1.14. The van der Waals surface area contributed by atoms with Gasteiger partial charge in [0.25, 0.3) is 0 Å². The molecule has 19 heavy (non-hydrogen) atoms. The molecule has 0 aromatic heterocycles. The fourth-order valence-corrected chi connectivity index (χ4v) is 5.09. The van der Waals surface area contributed by atoms with Crippen molar-refractivity contribution in [3.8, 4) is 11.5 Å². The van der Waals surface area contributed by atoms with Crippen molar-refractivity contribution in [3.05, 3.63) is 22.7 Å². The molecule has 1 aromatic carbocycles. The molecule has 0 saturated carbocycles. The number of nitrogens with one attached hydrogen (secondary N) is 1. The molecule has 1 saturated heterocycles. The van der Waals surface area contributed by atoms with E-state index in [0.29, 0.717) is 10.8 Å². The first-order valence-electron chi connectivity index (χ1n) is 6.31. The molecule has 3 rings (SSSR count). The average Bonchev–Trinajstić information content (AvgIpc) is 2.89. The second-order valence-electron chi connectivity index (χ2n) is 4.51. The summed E-state index contributed by atoms with van der Waals surface area (Å²) in [5.74, 6) is 5.24. The van der Waals surface area contributed by atoms with Gasteiger partial charge in [0.05, 0.1) is 5.02 Å². The Bertz CT molecular complexity index is 453. The molecule has 1 unspecified atom stereocenters. The Morgan fingerprint density at radius 2 is 2.26 bits per heavy atom. The predicted molar refractivity (Wildman–Crippen MR) is 82.9 cm³/mol. The van der Waals surface area contributed by atoms with Gasteiger partial charge < -0.3 is 14.8 Å². The van der Waals surface area contributed by atoms with Crippen molar-refractivity contribution in [2.45, 2.75) is 11.8 Å². The Kier molecular flexibility index (Phi) is 4.69. The van der Waals surface area contributed by atoms with Crippen molar-refractivity contribution in [2.24, 2.45) is 0 Å². The Hall–Kier alpha value is -0.230. The van der Waals surface area contributed by atoms with E-state index < -0.39 is 0 Å². The van der Waals surface area contributed by atoms with Gasteiger partial charge in [-0.3, -0.25) is 0 Å².